The van der Waals surface area contributed by atoms with Crippen molar-refractivity contribution in [3.63, 3.8) is 0 Å². The molecule has 0 unspecified atom stereocenters. The molecule has 0 saturated carbocycles. The molecule has 1 aliphatic carbocycles. The van der Waals surface area contributed by atoms with E-state index >= 15 is 0 Å². The van der Waals surface area contributed by atoms with Crippen LogP contribution in [-0.4, -0.2) is 9.97 Å². The number of hydrogen-bond acceptors (Lipinski definition) is 4. The molecule has 2 heterocycles. The molecule has 5 aromatic carbocycles. The Balaban J connectivity index is 1.31. The van der Waals surface area contributed by atoms with E-state index in [1.54, 1.807) is 22.7 Å². The van der Waals surface area contributed by atoms with Crippen LogP contribution in [0.15, 0.2) is 109 Å². The first-order valence-corrected chi connectivity index (χ1v) is 14.5. The van der Waals surface area contributed by atoms with Crippen LogP contribution in [0.1, 0.15) is 17.7 Å². The first-order chi connectivity index (χ1) is 18.8. The molecule has 0 bridgehead atoms. The van der Waals surface area contributed by atoms with Crippen LogP contribution in [-0.2, 0) is 0 Å². The molecular formula is C34H22N2S2. The number of thiazole rings is 2. The predicted octanol–water partition coefficient (Wildman–Crippen LogP) is 10.2. The average Bonchev–Trinajstić information content (AvgIpc) is 3.68. The quantitative estimate of drug-likeness (QED) is 0.215. The smallest absolute Gasteiger partial charge is 0.124 e. The fourth-order valence-corrected chi connectivity index (χ4v) is 7.57. The number of benzene rings is 5. The van der Waals surface area contributed by atoms with Gasteiger partial charge in [0, 0.05) is 23.5 Å². The molecule has 0 N–H and O–H groups in total. The maximum atomic E-state index is 4.88. The zero-order valence-electron chi connectivity index (χ0n) is 20.5. The second-order valence-electron chi connectivity index (χ2n) is 9.71. The van der Waals surface area contributed by atoms with Crippen molar-refractivity contribution in [3.05, 3.63) is 114 Å². The molecule has 7 aromatic rings. The lowest BCUT2D eigenvalue weighted by atomic mass is 9.90. The van der Waals surface area contributed by atoms with E-state index in [2.05, 4.69) is 97.1 Å². The lowest BCUT2D eigenvalue weighted by Gasteiger charge is -2.15. The molecule has 0 atom stereocenters. The third kappa shape index (κ3) is 3.45. The Hall–Kier alpha value is -4.12. The largest absolute Gasteiger partial charge is 0.244 e. The van der Waals surface area contributed by atoms with Gasteiger partial charge in [-0.1, -0.05) is 97.1 Å². The van der Waals surface area contributed by atoms with E-state index in [4.69, 9.17) is 9.97 Å². The number of rotatable bonds is 4. The van der Waals surface area contributed by atoms with E-state index in [9.17, 15) is 0 Å². The van der Waals surface area contributed by atoms with E-state index in [0.717, 1.165) is 22.9 Å². The topological polar surface area (TPSA) is 25.8 Å². The van der Waals surface area contributed by atoms with Gasteiger partial charge in [0.15, 0.2) is 0 Å². The highest BCUT2D eigenvalue weighted by Crippen LogP contribution is 2.44. The Bertz CT molecular complexity index is 2020. The van der Waals surface area contributed by atoms with Crippen LogP contribution >= 0.6 is 22.7 Å². The molecule has 0 fully saturated rings. The van der Waals surface area contributed by atoms with Crippen LogP contribution < -0.4 is 0 Å². The highest BCUT2D eigenvalue weighted by molar-refractivity contribution is 7.18. The summed E-state index contributed by atoms with van der Waals surface area (Å²) in [6.07, 6.45) is 13.1. The second kappa shape index (κ2) is 8.73. The molecule has 0 aliphatic heterocycles. The molecule has 0 saturated heterocycles. The average molecular weight is 523 g/mol. The minimum atomic E-state index is 1.06. The summed E-state index contributed by atoms with van der Waals surface area (Å²) in [7, 11) is 0. The molecule has 0 amide bonds. The summed E-state index contributed by atoms with van der Waals surface area (Å²) in [5.41, 5.74) is 4.90. The van der Waals surface area contributed by atoms with Gasteiger partial charge >= 0.3 is 0 Å². The lowest BCUT2D eigenvalue weighted by molar-refractivity contribution is 1.04. The van der Waals surface area contributed by atoms with Gasteiger partial charge in [-0.3, -0.25) is 0 Å². The normalized spacial score (nSPS) is 13.6. The molecule has 2 nitrogen and oxygen atoms in total. The van der Waals surface area contributed by atoms with Crippen molar-refractivity contribution in [1.82, 2.24) is 9.97 Å². The number of aromatic nitrogens is 2. The Morgan fingerprint density at radius 3 is 1.82 bits per heavy atom. The first kappa shape index (κ1) is 21.9. The minimum absolute atomic E-state index is 1.06. The Morgan fingerprint density at radius 2 is 1.18 bits per heavy atom. The zero-order valence-corrected chi connectivity index (χ0v) is 22.2. The van der Waals surface area contributed by atoms with Crippen molar-refractivity contribution in [1.29, 1.82) is 0 Å². The Labute approximate surface area is 228 Å². The fraction of sp³-hybridized carbons (Fsp3) is 0.0588. The Morgan fingerprint density at radius 1 is 0.579 bits per heavy atom. The molecule has 2 aromatic heterocycles. The van der Waals surface area contributed by atoms with Crippen molar-refractivity contribution in [2.24, 2.45) is 0 Å². The van der Waals surface area contributed by atoms with Gasteiger partial charge in [0.25, 0.3) is 0 Å². The van der Waals surface area contributed by atoms with Crippen LogP contribution in [0.5, 0.6) is 0 Å². The summed E-state index contributed by atoms with van der Waals surface area (Å²) in [5.74, 6) is 0. The van der Waals surface area contributed by atoms with E-state index in [0.29, 0.717) is 0 Å². The third-order valence-electron chi connectivity index (χ3n) is 7.47. The SMILES string of the molecule is C1=CC(c2cnc(-c3ccc4ccc5c(-c6ncc(-c7ccccc7)s6)ccc6ccc3c4c65)s2)=CCC1. The molecule has 4 heteroatoms. The van der Waals surface area contributed by atoms with E-state index in [1.165, 1.54) is 64.3 Å². The van der Waals surface area contributed by atoms with Gasteiger partial charge in [0.2, 0.25) is 0 Å². The first-order valence-electron chi connectivity index (χ1n) is 12.9. The van der Waals surface area contributed by atoms with Gasteiger partial charge in [-0.05, 0) is 56.3 Å². The van der Waals surface area contributed by atoms with Crippen molar-refractivity contribution >= 4 is 60.6 Å². The summed E-state index contributed by atoms with van der Waals surface area (Å²) in [5, 5.41) is 9.79. The predicted molar refractivity (Wildman–Crippen MR) is 164 cm³/mol. The van der Waals surface area contributed by atoms with Gasteiger partial charge in [0.1, 0.15) is 10.0 Å². The van der Waals surface area contributed by atoms with E-state index < -0.39 is 0 Å². The summed E-state index contributed by atoms with van der Waals surface area (Å²) in [4.78, 5) is 12.2. The highest BCUT2D eigenvalue weighted by atomic mass is 32.1. The van der Waals surface area contributed by atoms with Crippen LogP contribution in [0.25, 0.3) is 69.5 Å². The van der Waals surface area contributed by atoms with Crippen molar-refractivity contribution in [2.45, 2.75) is 12.8 Å². The molecule has 0 radical (unpaired) electrons. The van der Waals surface area contributed by atoms with Crippen molar-refractivity contribution in [2.75, 3.05) is 0 Å². The lowest BCUT2D eigenvalue weighted by Crippen LogP contribution is -1.88. The number of allylic oxidation sites excluding steroid dienone is 4. The van der Waals surface area contributed by atoms with Gasteiger partial charge in [-0.2, -0.15) is 0 Å². The fourth-order valence-electron chi connectivity index (χ4n) is 5.64. The molecule has 0 spiro atoms. The van der Waals surface area contributed by atoms with Crippen molar-refractivity contribution in [3.8, 4) is 31.6 Å². The number of nitrogens with zero attached hydrogens (tertiary/aromatic N) is 2. The third-order valence-corrected chi connectivity index (χ3v) is 9.63. The van der Waals surface area contributed by atoms with Crippen LogP contribution in [0, 0.1) is 0 Å². The van der Waals surface area contributed by atoms with Crippen molar-refractivity contribution < 1.29 is 0 Å². The molecule has 180 valence electrons. The summed E-state index contributed by atoms with van der Waals surface area (Å²) in [6, 6.07) is 28.5. The zero-order chi connectivity index (χ0) is 25.1. The van der Waals surface area contributed by atoms with Crippen LogP contribution in [0.4, 0.5) is 0 Å². The molecule has 8 rings (SSSR count). The molecule has 1 aliphatic rings. The summed E-state index contributed by atoms with van der Waals surface area (Å²) in [6.45, 7) is 0. The highest BCUT2D eigenvalue weighted by Gasteiger charge is 2.18. The van der Waals surface area contributed by atoms with Crippen LogP contribution in [0.3, 0.4) is 0 Å². The monoisotopic (exact) mass is 522 g/mol. The minimum Gasteiger partial charge on any atom is -0.244 e. The van der Waals surface area contributed by atoms with E-state index in [1.807, 2.05) is 12.4 Å². The van der Waals surface area contributed by atoms with Gasteiger partial charge in [-0.15, -0.1) is 22.7 Å². The second-order valence-corrected chi connectivity index (χ2v) is 11.8. The maximum absolute atomic E-state index is 4.88. The van der Waals surface area contributed by atoms with Crippen LogP contribution in [0.2, 0.25) is 0 Å². The Kier molecular flexibility index (Phi) is 5.03. The standard InChI is InChI=1S/C34H22N2S2/c1-3-7-21(8-4-1)29-19-35-33(37-29)27-17-13-23-12-16-26-28(18-14-24-11-15-25(27)31(23)32(24)26)34-36-20-30(38-34)22-9-5-2-6-10-22/h1,3-5,7-20H,2,6H2. The number of hydrogen-bond donors (Lipinski definition) is 0. The van der Waals surface area contributed by atoms with Gasteiger partial charge in [0.05, 0.1) is 9.75 Å². The summed E-state index contributed by atoms with van der Waals surface area (Å²) >= 11 is 3.54. The summed E-state index contributed by atoms with van der Waals surface area (Å²) < 4.78 is 0. The van der Waals surface area contributed by atoms with Gasteiger partial charge in [-0.25, -0.2) is 9.97 Å². The molecule has 38 heavy (non-hydrogen) atoms. The molecular weight excluding hydrogens is 501 g/mol. The van der Waals surface area contributed by atoms with Gasteiger partial charge < -0.3 is 0 Å². The maximum Gasteiger partial charge on any atom is 0.124 e. The van der Waals surface area contributed by atoms with E-state index in [-0.39, 0.29) is 0 Å².